The summed E-state index contributed by atoms with van der Waals surface area (Å²) in [5, 5.41) is 0. The van der Waals surface area contributed by atoms with Crippen molar-refractivity contribution in [2.75, 3.05) is 0 Å². The van der Waals surface area contributed by atoms with Crippen molar-refractivity contribution in [2.45, 2.75) is 13.3 Å². The Morgan fingerprint density at radius 3 is 2.65 bits per heavy atom. The topological polar surface area (TPSA) is 18.5 Å². The molecule has 0 N–H and O–H groups in total. The fourth-order valence-corrected chi connectivity index (χ4v) is 2.77. The average Bonchev–Trinajstić information content (AvgIpc) is 2.91. The van der Waals surface area contributed by atoms with Gasteiger partial charge in [0.2, 0.25) is 0 Å². The van der Waals surface area contributed by atoms with E-state index in [1.165, 1.54) is 0 Å². The summed E-state index contributed by atoms with van der Waals surface area (Å²) < 4.78 is 24.5. The van der Waals surface area contributed by atoms with Gasteiger partial charge in [-0.1, -0.05) is 42.0 Å². The molecule has 3 rings (SSSR count). The summed E-state index contributed by atoms with van der Waals surface area (Å²) in [5.41, 5.74) is 3.21. The minimum absolute atomic E-state index is 0.481. The summed E-state index contributed by atoms with van der Waals surface area (Å²) in [6, 6.07) is 12.9. The Kier molecular flexibility index (Phi) is 3.70. The van der Waals surface area contributed by atoms with Gasteiger partial charge in [0.25, 0.3) is 0 Å². The number of hydrogen-bond acceptors (Lipinski definition) is 2. The molecule has 0 aromatic heterocycles. The minimum Gasteiger partial charge on any atom is -0.415 e. The monoisotopic (exact) mass is 288 g/mol. The summed E-state index contributed by atoms with van der Waals surface area (Å²) in [7, 11) is -2.48. The van der Waals surface area contributed by atoms with Crippen LogP contribution in [0.25, 0.3) is 6.08 Å². The molecule has 1 unspecified atom stereocenters. The van der Waals surface area contributed by atoms with E-state index in [2.05, 4.69) is 0 Å². The number of benzene rings is 2. The predicted molar refractivity (Wildman–Crippen MR) is 79.6 cm³/mol. The number of hydrogen-bond donors (Lipinski definition) is 0. The van der Waals surface area contributed by atoms with Crippen LogP contribution in [0.15, 0.2) is 48.5 Å². The van der Waals surface area contributed by atoms with Crippen LogP contribution in [0, 0.1) is 6.92 Å². The van der Waals surface area contributed by atoms with E-state index >= 15 is 0 Å². The number of allylic oxidation sites excluding steroid dienone is 1. The normalized spacial score (nSPS) is 13.9. The second kappa shape index (κ2) is 5.64. The summed E-state index contributed by atoms with van der Waals surface area (Å²) in [6.45, 7) is 1.97. The number of fused-ring (bicyclic) bond motifs is 1. The van der Waals surface area contributed by atoms with E-state index in [-0.39, 0.29) is 0 Å². The third-order valence-electron chi connectivity index (χ3n) is 3.16. The largest absolute Gasteiger partial charge is 0.505 e. The minimum atomic E-state index is -2.48. The van der Waals surface area contributed by atoms with Gasteiger partial charge in [0, 0.05) is 5.56 Å². The molecule has 0 heterocycles. The summed E-state index contributed by atoms with van der Waals surface area (Å²) in [5.74, 6) is 1.04. The van der Waals surface area contributed by atoms with Gasteiger partial charge in [-0.2, -0.15) is 0 Å². The van der Waals surface area contributed by atoms with Gasteiger partial charge in [-0.25, -0.2) is 0 Å². The molecule has 20 heavy (non-hydrogen) atoms. The highest BCUT2D eigenvalue weighted by atomic mass is 31.2. The van der Waals surface area contributed by atoms with Gasteiger partial charge in [-0.15, -0.1) is 4.20 Å². The fraction of sp³-hybridized carbons (Fsp3) is 0.125. The first-order valence-electron chi connectivity index (χ1n) is 6.39. The van der Waals surface area contributed by atoms with Crippen molar-refractivity contribution in [3.63, 3.8) is 0 Å². The second-order valence-electron chi connectivity index (χ2n) is 4.64. The molecular weight excluding hydrogens is 274 g/mol. The van der Waals surface area contributed by atoms with E-state index in [1.54, 1.807) is 18.2 Å². The van der Waals surface area contributed by atoms with Gasteiger partial charge in [-0.05, 0) is 37.1 Å². The van der Waals surface area contributed by atoms with Crippen molar-refractivity contribution in [1.29, 1.82) is 0 Å². The molecule has 4 heteroatoms. The van der Waals surface area contributed by atoms with Gasteiger partial charge in [0.15, 0.2) is 0 Å². The Morgan fingerprint density at radius 1 is 1.05 bits per heavy atom. The molecule has 102 valence electrons. The zero-order chi connectivity index (χ0) is 13.9. The van der Waals surface area contributed by atoms with Crippen LogP contribution >= 0.6 is 8.69 Å². The molecule has 2 aromatic rings. The smallest absolute Gasteiger partial charge is 0.415 e. The molecule has 0 fully saturated rings. The zero-order valence-electron chi connectivity index (χ0n) is 11.0. The van der Waals surface area contributed by atoms with E-state index in [9.17, 15) is 4.20 Å². The second-order valence-corrected chi connectivity index (χ2v) is 5.43. The van der Waals surface area contributed by atoms with Gasteiger partial charge >= 0.3 is 8.69 Å². The van der Waals surface area contributed by atoms with Crippen molar-refractivity contribution in [2.24, 2.45) is 0 Å². The summed E-state index contributed by atoms with van der Waals surface area (Å²) in [4.78, 5) is 0. The highest BCUT2D eigenvalue weighted by Gasteiger charge is 2.18. The van der Waals surface area contributed by atoms with E-state index < -0.39 is 8.69 Å². The van der Waals surface area contributed by atoms with Gasteiger partial charge in [0.05, 0.1) is 0 Å². The predicted octanol–water partition coefficient (Wildman–Crippen LogP) is 5.22. The molecule has 1 atom stereocenters. The lowest BCUT2D eigenvalue weighted by Gasteiger charge is -2.13. The fourth-order valence-electron chi connectivity index (χ4n) is 2.12. The van der Waals surface area contributed by atoms with Crippen molar-refractivity contribution in [3.05, 3.63) is 65.2 Å². The third kappa shape index (κ3) is 2.83. The number of rotatable bonds is 4. The molecule has 0 saturated carbocycles. The maximum Gasteiger partial charge on any atom is 0.505 e. The Labute approximate surface area is 118 Å². The number of halogens is 1. The Bertz CT molecular complexity index is 637. The average molecular weight is 288 g/mol. The molecule has 1 aliphatic carbocycles. The molecule has 0 spiro atoms. The van der Waals surface area contributed by atoms with Crippen LogP contribution in [0.5, 0.6) is 11.5 Å². The van der Waals surface area contributed by atoms with Gasteiger partial charge in [0.1, 0.15) is 11.5 Å². The van der Waals surface area contributed by atoms with E-state index in [0.717, 1.165) is 23.1 Å². The van der Waals surface area contributed by atoms with E-state index in [4.69, 9.17) is 9.05 Å². The van der Waals surface area contributed by atoms with E-state index in [0.29, 0.717) is 11.5 Å². The van der Waals surface area contributed by atoms with Crippen LogP contribution in [0.1, 0.15) is 16.7 Å². The highest BCUT2D eigenvalue weighted by Crippen LogP contribution is 2.44. The van der Waals surface area contributed by atoms with Crippen molar-refractivity contribution >= 4 is 14.8 Å². The number of aryl methyl sites for hydroxylation is 1. The maximum atomic E-state index is 13.9. The lowest BCUT2D eigenvalue weighted by molar-refractivity contribution is 0.437. The molecule has 0 radical (unpaired) electrons. The van der Waals surface area contributed by atoms with Crippen LogP contribution in [0.4, 0.5) is 4.20 Å². The van der Waals surface area contributed by atoms with Gasteiger partial charge < -0.3 is 9.05 Å². The molecule has 0 aliphatic heterocycles. The van der Waals surface area contributed by atoms with Crippen molar-refractivity contribution < 1.29 is 13.2 Å². The van der Waals surface area contributed by atoms with Crippen LogP contribution < -0.4 is 9.05 Å². The quantitative estimate of drug-likeness (QED) is 0.718. The molecule has 0 saturated heterocycles. The highest BCUT2D eigenvalue weighted by molar-refractivity contribution is 7.42. The standard InChI is InChI=1S/C16H14FO2P/c1-12-8-10-14(11-9-12)18-20(17)19-16-7-3-5-13-4-2-6-15(13)16/h2-5,7-11H,6H2,1H3. The van der Waals surface area contributed by atoms with Crippen LogP contribution in [-0.2, 0) is 6.42 Å². The van der Waals surface area contributed by atoms with Gasteiger partial charge in [-0.3, -0.25) is 0 Å². The Hall–Kier alpha value is -1.86. The molecule has 0 bridgehead atoms. The molecular formula is C16H14FO2P. The van der Waals surface area contributed by atoms with E-state index in [1.807, 2.05) is 43.3 Å². The molecule has 2 aromatic carbocycles. The third-order valence-corrected chi connectivity index (χ3v) is 3.85. The lowest BCUT2D eigenvalue weighted by Crippen LogP contribution is -1.95. The Balaban J connectivity index is 1.69. The van der Waals surface area contributed by atoms with Crippen molar-refractivity contribution in [1.82, 2.24) is 0 Å². The summed E-state index contributed by atoms with van der Waals surface area (Å²) >= 11 is 0. The lowest BCUT2D eigenvalue weighted by atomic mass is 10.1. The first kappa shape index (κ1) is 13.1. The van der Waals surface area contributed by atoms with Crippen LogP contribution in [0.2, 0.25) is 0 Å². The zero-order valence-corrected chi connectivity index (χ0v) is 11.9. The van der Waals surface area contributed by atoms with Crippen molar-refractivity contribution in [3.8, 4) is 11.5 Å². The first-order chi connectivity index (χ1) is 9.72. The molecule has 0 amide bonds. The Morgan fingerprint density at radius 2 is 1.85 bits per heavy atom. The first-order valence-corrected chi connectivity index (χ1v) is 7.46. The molecule has 1 aliphatic rings. The van der Waals surface area contributed by atoms with Crippen LogP contribution in [0.3, 0.4) is 0 Å². The summed E-state index contributed by atoms with van der Waals surface area (Å²) in [6.07, 6.45) is 4.83. The SMILES string of the molecule is Cc1ccc(OP(F)Oc2cccc3c2CC=C3)cc1. The maximum absolute atomic E-state index is 13.9. The van der Waals surface area contributed by atoms with Crippen LogP contribution in [-0.4, -0.2) is 0 Å². The molecule has 2 nitrogen and oxygen atoms in total.